The predicted octanol–water partition coefficient (Wildman–Crippen LogP) is 4.76. The van der Waals surface area contributed by atoms with Gasteiger partial charge < -0.3 is 10.1 Å². The van der Waals surface area contributed by atoms with Gasteiger partial charge in [0.2, 0.25) is 0 Å². The maximum Gasteiger partial charge on any atom is 0.259 e. The molecular weight excluding hydrogens is 449 g/mol. The average molecular weight is 470 g/mol. The van der Waals surface area contributed by atoms with E-state index in [1.54, 1.807) is 0 Å². The summed E-state index contributed by atoms with van der Waals surface area (Å²) in [7, 11) is 0. The maximum atomic E-state index is 12.1. The lowest BCUT2D eigenvalue weighted by molar-refractivity contribution is -0.120. The molecule has 2 amide bonds. The lowest BCUT2D eigenvalue weighted by Gasteiger charge is -2.07. The Balaban J connectivity index is 1.41. The first-order valence-electron chi connectivity index (χ1n) is 9.74. The van der Waals surface area contributed by atoms with Crippen molar-refractivity contribution < 1.29 is 14.3 Å². The van der Waals surface area contributed by atoms with Gasteiger partial charge in [0, 0.05) is 5.56 Å². The number of carbonyl (C=O) groups is 2. The third-order valence-electron chi connectivity index (χ3n) is 4.40. The molecule has 8 heteroatoms. The summed E-state index contributed by atoms with van der Waals surface area (Å²) in [6.07, 6.45) is 1.50. The van der Waals surface area contributed by atoms with Gasteiger partial charge in [-0.15, -0.1) is 0 Å². The Kier molecular flexibility index (Phi) is 8.25. The highest BCUT2D eigenvalue weighted by atomic mass is 35.5. The number of hydrogen-bond donors (Lipinski definition) is 2. The Hall–Kier alpha value is -3.35. The molecule has 0 saturated heterocycles. The average Bonchev–Trinajstić information content (AvgIpc) is 2.80. The molecule has 0 spiro atoms. The van der Waals surface area contributed by atoms with Crippen LogP contribution in [-0.2, 0) is 11.4 Å². The Bertz CT molecular complexity index is 1110. The van der Waals surface area contributed by atoms with E-state index >= 15 is 0 Å². The van der Waals surface area contributed by atoms with Crippen LogP contribution < -0.4 is 15.5 Å². The third kappa shape index (κ3) is 7.11. The molecule has 164 valence electrons. The molecule has 3 aromatic rings. The van der Waals surface area contributed by atoms with Gasteiger partial charge in [-0.3, -0.25) is 9.59 Å². The smallest absolute Gasteiger partial charge is 0.259 e. The fourth-order valence-electron chi connectivity index (χ4n) is 2.62. The minimum atomic E-state index is -0.465. The number of carbonyl (C=O) groups excluding carboxylic acids is 2. The molecule has 6 nitrogen and oxygen atoms in total. The van der Waals surface area contributed by atoms with Crippen molar-refractivity contribution in [3.8, 4) is 5.75 Å². The van der Waals surface area contributed by atoms with E-state index in [4.69, 9.17) is 27.9 Å². The lowest BCUT2D eigenvalue weighted by atomic mass is 10.2. The fraction of sp³-hybridized carbons (Fsp3) is 0.125. The van der Waals surface area contributed by atoms with Crippen LogP contribution >= 0.6 is 23.2 Å². The number of hydrazone groups is 1. The van der Waals surface area contributed by atoms with Crippen molar-refractivity contribution in [1.29, 1.82) is 0 Å². The summed E-state index contributed by atoms with van der Waals surface area (Å²) < 4.78 is 5.76. The first kappa shape index (κ1) is 23.3. The molecule has 3 aromatic carbocycles. The summed E-state index contributed by atoms with van der Waals surface area (Å²) in [6.45, 7) is 2.29. The van der Waals surface area contributed by atoms with Gasteiger partial charge in [-0.1, -0.05) is 53.0 Å². The molecule has 2 N–H and O–H groups in total. The lowest BCUT2D eigenvalue weighted by Crippen LogP contribution is -2.34. The van der Waals surface area contributed by atoms with E-state index in [9.17, 15) is 9.59 Å². The molecule has 0 aliphatic heterocycles. The topological polar surface area (TPSA) is 79.8 Å². The zero-order chi connectivity index (χ0) is 22.9. The van der Waals surface area contributed by atoms with Crippen molar-refractivity contribution >= 4 is 41.2 Å². The van der Waals surface area contributed by atoms with Crippen molar-refractivity contribution in [1.82, 2.24) is 10.7 Å². The highest BCUT2D eigenvalue weighted by Gasteiger charge is 2.09. The molecule has 0 aromatic heterocycles. The van der Waals surface area contributed by atoms with Gasteiger partial charge in [-0.05, 0) is 60.5 Å². The molecule has 0 aliphatic carbocycles. The van der Waals surface area contributed by atoms with Gasteiger partial charge in [0.15, 0.2) is 0 Å². The molecule has 32 heavy (non-hydrogen) atoms. The number of aryl methyl sites for hydroxylation is 1. The normalized spacial score (nSPS) is 10.7. The van der Waals surface area contributed by atoms with Crippen molar-refractivity contribution in [2.45, 2.75) is 13.5 Å². The first-order chi connectivity index (χ1) is 15.4. The summed E-state index contributed by atoms with van der Waals surface area (Å²) in [5, 5.41) is 7.00. The number of nitrogens with one attached hydrogen (secondary N) is 2. The van der Waals surface area contributed by atoms with Crippen molar-refractivity contribution in [2.24, 2.45) is 5.10 Å². The highest BCUT2D eigenvalue weighted by Crippen LogP contribution is 2.22. The molecule has 0 aliphatic rings. The van der Waals surface area contributed by atoms with Crippen molar-refractivity contribution in [3.05, 3.63) is 99.0 Å². The molecule has 0 unspecified atom stereocenters. The van der Waals surface area contributed by atoms with E-state index in [2.05, 4.69) is 15.8 Å². The van der Waals surface area contributed by atoms with Crippen LogP contribution in [0.2, 0.25) is 10.0 Å². The number of amides is 2. The second kappa shape index (κ2) is 11.3. The van der Waals surface area contributed by atoms with Crippen LogP contribution in [0.4, 0.5) is 0 Å². The minimum absolute atomic E-state index is 0.234. The van der Waals surface area contributed by atoms with Gasteiger partial charge in [0.1, 0.15) is 12.4 Å². The van der Waals surface area contributed by atoms with Crippen LogP contribution in [0.25, 0.3) is 0 Å². The predicted molar refractivity (Wildman–Crippen MR) is 126 cm³/mol. The highest BCUT2D eigenvalue weighted by molar-refractivity contribution is 6.42. The van der Waals surface area contributed by atoms with E-state index in [1.165, 1.54) is 30.0 Å². The van der Waals surface area contributed by atoms with Gasteiger partial charge in [0.05, 0.1) is 22.8 Å². The van der Waals surface area contributed by atoms with E-state index in [1.807, 2.05) is 55.5 Å². The quantitative estimate of drug-likeness (QED) is 0.368. The Morgan fingerprint density at radius 2 is 1.69 bits per heavy atom. The third-order valence-corrected chi connectivity index (χ3v) is 5.14. The summed E-state index contributed by atoms with van der Waals surface area (Å²) in [5.41, 5.74) is 5.75. The Morgan fingerprint density at radius 3 is 2.38 bits per heavy atom. The van der Waals surface area contributed by atoms with Gasteiger partial charge in [-0.25, -0.2) is 5.43 Å². The van der Waals surface area contributed by atoms with Crippen LogP contribution in [0.3, 0.4) is 0 Å². The molecule has 0 heterocycles. The molecule has 0 fully saturated rings. The van der Waals surface area contributed by atoms with E-state index in [0.717, 1.165) is 16.9 Å². The number of hydrogen-bond acceptors (Lipinski definition) is 4. The summed E-state index contributed by atoms with van der Waals surface area (Å²) in [5.74, 6) is -0.173. The van der Waals surface area contributed by atoms with Gasteiger partial charge >= 0.3 is 0 Å². The number of rotatable bonds is 8. The zero-order valence-electron chi connectivity index (χ0n) is 17.3. The number of benzene rings is 3. The number of ether oxygens (including phenoxy) is 1. The SMILES string of the molecule is Cc1ccc(COc2ccc(/C=N/NC(=O)CNC(=O)c3ccc(Cl)c(Cl)c3)cc2)cc1. The molecule has 0 bridgehead atoms. The second-order valence-corrected chi connectivity index (χ2v) is 7.76. The molecule has 0 atom stereocenters. The van der Waals surface area contributed by atoms with E-state index < -0.39 is 11.8 Å². The molecule has 0 saturated carbocycles. The monoisotopic (exact) mass is 469 g/mol. The second-order valence-electron chi connectivity index (χ2n) is 6.95. The Morgan fingerprint density at radius 1 is 0.969 bits per heavy atom. The van der Waals surface area contributed by atoms with Crippen LogP contribution in [-0.4, -0.2) is 24.6 Å². The first-order valence-corrected chi connectivity index (χ1v) is 10.5. The van der Waals surface area contributed by atoms with Crippen molar-refractivity contribution in [3.63, 3.8) is 0 Å². The Labute approximate surface area is 196 Å². The van der Waals surface area contributed by atoms with Crippen LogP contribution in [0.5, 0.6) is 5.75 Å². The minimum Gasteiger partial charge on any atom is -0.489 e. The maximum absolute atomic E-state index is 12.1. The molecule has 3 rings (SSSR count). The summed E-state index contributed by atoms with van der Waals surface area (Å²) >= 11 is 11.7. The van der Waals surface area contributed by atoms with Crippen LogP contribution in [0.1, 0.15) is 27.0 Å². The van der Waals surface area contributed by atoms with Crippen molar-refractivity contribution in [2.75, 3.05) is 6.54 Å². The van der Waals surface area contributed by atoms with Gasteiger partial charge in [0.25, 0.3) is 11.8 Å². The molecule has 0 radical (unpaired) electrons. The van der Waals surface area contributed by atoms with E-state index in [-0.39, 0.29) is 11.6 Å². The fourth-order valence-corrected chi connectivity index (χ4v) is 2.92. The molecular formula is C24H21Cl2N3O3. The number of nitrogens with zero attached hydrogens (tertiary/aromatic N) is 1. The standard InChI is InChI=1S/C24H21Cl2N3O3/c1-16-2-4-18(5-3-16)15-32-20-9-6-17(7-10-20)13-28-29-23(30)14-27-24(31)19-8-11-21(25)22(26)12-19/h2-13H,14-15H2,1H3,(H,27,31)(H,29,30)/b28-13+. The summed E-state index contributed by atoms with van der Waals surface area (Å²) in [6, 6.07) is 19.9. The van der Waals surface area contributed by atoms with E-state index in [0.29, 0.717) is 17.2 Å². The largest absolute Gasteiger partial charge is 0.489 e. The van der Waals surface area contributed by atoms with Gasteiger partial charge in [-0.2, -0.15) is 5.10 Å². The van der Waals surface area contributed by atoms with Crippen LogP contribution in [0, 0.1) is 6.92 Å². The zero-order valence-corrected chi connectivity index (χ0v) is 18.8. The van der Waals surface area contributed by atoms with Crippen LogP contribution in [0.15, 0.2) is 71.8 Å². The summed E-state index contributed by atoms with van der Waals surface area (Å²) in [4.78, 5) is 23.9. The number of halogens is 2.